The largest absolute Gasteiger partial charge is 0.481 e. The highest BCUT2D eigenvalue weighted by atomic mass is 19.1. The number of carboxylic acid groups (broad SMARTS) is 1. The van der Waals surface area contributed by atoms with Gasteiger partial charge in [-0.25, -0.2) is 9.37 Å². The first-order valence-corrected chi connectivity index (χ1v) is 13.5. The molecule has 0 amide bonds. The summed E-state index contributed by atoms with van der Waals surface area (Å²) in [5.74, 6) is -1.88. The molecular formula is C28H33B3F2N4O3. The van der Waals surface area contributed by atoms with Gasteiger partial charge in [0.1, 0.15) is 12.4 Å². The molecule has 206 valence electrons. The summed E-state index contributed by atoms with van der Waals surface area (Å²) < 4.78 is 34.4. The van der Waals surface area contributed by atoms with Gasteiger partial charge in [0.15, 0.2) is 0 Å². The number of alkyl halides is 1. The molecule has 1 aliphatic rings. The molecule has 3 atom stereocenters. The predicted molar refractivity (Wildman–Crippen MR) is 153 cm³/mol. The number of aliphatic carboxylic acids is 1. The number of aromatic nitrogens is 2. The monoisotopic (exact) mass is 544 g/mol. The van der Waals surface area contributed by atoms with E-state index in [0.29, 0.717) is 17.5 Å². The van der Waals surface area contributed by atoms with Crippen LogP contribution >= 0.6 is 0 Å². The van der Waals surface area contributed by atoms with Gasteiger partial charge < -0.3 is 19.7 Å². The summed E-state index contributed by atoms with van der Waals surface area (Å²) in [6.45, 7) is 5.63. The Bertz CT molecular complexity index is 1350. The number of hydrogen-bond acceptors (Lipinski definition) is 5. The summed E-state index contributed by atoms with van der Waals surface area (Å²) in [4.78, 5) is 23.0. The molecule has 4 rings (SSSR count). The highest BCUT2D eigenvalue weighted by Crippen LogP contribution is 2.43. The molecule has 0 bridgehead atoms. The Morgan fingerprint density at radius 2 is 2.05 bits per heavy atom. The maximum Gasteiger partial charge on any atom is 0.307 e. The second-order valence-electron chi connectivity index (χ2n) is 10.7. The summed E-state index contributed by atoms with van der Waals surface area (Å²) in [6, 6.07) is 7.26. The van der Waals surface area contributed by atoms with Crippen LogP contribution in [-0.4, -0.2) is 98.6 Å². The molecule has 0 unspecified atom stereocenters. The van der Waals surface area contributed by atoms with Gasteiger partial charge in [-0.2, -0.15) is 0 Å². The molecule has 3 aromatic rings. The van der Waals surface area contributed by atoms with Gasteiger partial charge in [0, 0.05) is 46.9 Å². The number of halogens is 2. The molecule has 0 fully saturated rings. The van der Waals surface area contributed by atoms with Crippen molar-refractivity contribution in [2.45, 2.75) is 50.9 Å². The Morgan fingerprint density at radius 3 is 2.73 bits per heavy atom. The summed E-state index contributed by atoms with van der Waals surface area (Å²) >= 11 is 0. The Kier molecular flexibility index (Phi) is 9.30. The van der Waals surface area contributed by atoms with Crippen LogP contribution in [0.25, 0.3) is 10.9 Å². The SMILES string of the molecule is [B]C([B])([B])N(CCCF)CCOc1ncc(F)c([C@@H]2c3[nH]c4ccccc4c3C[C@@H](C)N2C[C@@H](C)C(=O)O)c1C. The Balaban J connectivity index is 1.73. The lowest BCUT2D eigenvalue weighted by Crippen LogP contribution is -2.52. The van der Waals surface area contributed by atoms with E-state index in [0.717, 1.165) is 28.4 Å². The fourth-order valence-corrected chi connectivity index (χ4v) is 5.56. The molecule has 1 aliphatic heterocycles. The van der Waals surface area contributed by atoms with Crippen molar-refractivity contribution in [3.05, 3.63) is 58.7 Å². The number of nitrogens with zero attached hydrogens (tertiary/aromatic N) is 3. The molecule has 0 aliphatic carbocycles. The van der Waals surface area contributed by atoms with Gasteiger partial charge in [0.2, 0.25) is 5.88 Å². The molecule has 0 saturated heterocycles. The van der Waals surface area contributed by atoms with Crippen molar-refractivity contribution in [3.8, 4) is 5.88 Å². The maximum absolute atomic E-state index is 15.7. The zero-order valence-corrected chi connectivity index (χ0v) is 23.2. The van der Waals surface area contributed by atoms with E-state index in [1.54, 1.807) is 13.8 Å². The van der Waals surface area contributed by atoms with Crippen LogP contribution in [0.5, 0.6) is 5.88 Å². The molecule has 2 aromatic heterocycles. The maximum atomic E-state index is 15.7. The minimum absolute atomic E-state index is 0.0642. The summed E-state index contributed by atoms with van der Waals surface area (Å²) in [5.41, 5.74) is 3.70. The van der Waals surface area contributed by atoms with Gasteiger partial charge in [0.05, 0.1) is 48.4 Å². The standard InChI is InChI=1S/C28H33B3F2N4O3/c1-16(27(38)39)15-37-17(2)13-20-19-7-4-5-8-22(19)35-24(20)25(37)23-18(3)26(34-14-21(23)33)40-12-11-36(10-6-9-32)28(29,30)31/h4-5,7-8,14,16-17,25,35H,6,9-13,15H2,1-3H3,(H,38,39)/t16-,17-,25-/m1/s1. The fourth-order valence-electron chi connectivity index (χ4n) is 5.56. The van der Waals surface area contributed by atoms with E-state index in [1.165, 1.54) is 4.90 Å². The van der Waals surface area contributed by atoms with Crippen molar-refractivity contribution in [2.24, 2.45) is 5.92 Å². The Morgan fingerprint density at radius 1 is 1.32 bits per heavy atom. The van der Waals surface area contributed by atoms with Crippen LogP contribution in [0.4, 0.5) is 8.78 Å². The van der Waals surface area contributed by atoms with Gasteiger partial charge >= 0.3 is 5.97 Å². The Hall–Kier alpha value is -2.85. The number of pyridine rings is 1. The molecule has 12 heteroatoms. The number of carbonyl (C=O) groups is 1. The van der Waals surface area contributed by atoms with E-state index >= 15 is 4.39 Å². The average Bonchev–Trinajstić information content (AvgIpc) is 3.26. The van der Waals surface area contributed by atoms with E-state index in [4.69, 9.17) is 28.3 Å². The second kappa shape index (κ2) is 12.3. The van der Waals surface area contributed by atoms with Crippen LogP contribution in [0.2, 0.25) is 0 Å². The minimum atomic E-state index is -1.65. The van der Waals surface area contributed by atoms with Crippen LogP contribution in [0.1, 0.15) is 48.7 Å². The molecule has 3 heterocycles. The van der Waals surface area contributed by atoms with Crippen LogP contribution in [0.3, 0.4) is 0 Å². The number of fused-ring (bicyclic) bond motifs is 3. The summed E-state index contributed by atoms with van der Waals surface area (Å²) in [6.07, 6.45) is 2.02. The molecule has 7 nitrogen and oxygen atoms in total. The third kappa shape index (κ3) is 6.23. The number of rotatable bonds is 12. The minimum Gasteiger partial charge on any atom is -0.481 e. The van der Waals surface area contributed by atoms with E-state index in [1.807, 2.05) is 36.1 Å². The lowest BCUT2D eigenvalue weighted by atomic mass is 9.48. The third-order valence-corrected chi connectivity index (χ3v) is 7.68. The average molecular weight is 544 g/mol. The summed E-state index contributed by atoms with van der Waals surface area (Å²) in [5, 5.41) is 9.09. The Labute approximate surface area is 237 Å². The second-order valence-corrected chi connectivity index (χ2v) is 10.7. The number of nitrogens with one attached hydrogen (secondary N) is 1. The lowest BCUT2D eigenvalue weighted by molar-refractivity contribution is -0.142. The van der Waals surface area contributed by atoms with Gasteiger partial charge in [0.25, 0.3) is 0 Å². The van der Waals surface area contributed by atoms with Crippen molar-refractivity contribution in [1.82, 2.24) is 19.8 Å². The zero-order valence-electron chi connectivity index (χ0n) is 23.2. The lowest BCUT2D eigenvalue weighted by Gasteiger charge is -2.42. The van der Waals surface area contributed by atoms with Crippen molar-refractivity contribution < 1.29 is 23.4 Å². The highest BCUT2D eigenvalue weighted by molar-refractivity contribution is 6.59. The number of aromatic amines is 1. The first-order chi connectivity index (χ1) is 18.9. The number of ether oxygens (including phenoxy) is 1. The zero-order chi connectivity index (χ0) is 29.2. The van der Waals surface area contributed by atoms with Crippen molar-refractivity contribution in [3.63, 3.8) is 0 Å². The molecule has 0 spiro atoms. The van der Waals surface area contributed by atoms with Crippen LogP contribution in [0.15, 0.2) is 30.5 Å². The number of H-pyrrole nitrogens is 1. The number of benzene rings is 1. The van der Waals surface area contributed by atoms with E-state index < -0.39 is 35.7 Å². The quantitative estimate of drug-likeness (QED) is 0.341. The van der Waals surface area contributed by atoms with Crippen molar-refractivity contribution in [2.75, 3.05) is 32.9 Å². The van der Waals surface area contributed by atoms with Gasteiger partial charge in [-0.05, 0) is 44.9 Å². The molecular weight excluding hydrogens is 511 g/mol. The normalized spacial score (nSPS) is 18.6. The van der Waals surface area contributed by atoms with Crippen LogP contribution < -0.4 is 4.74 Å². The smallest absolute Gasteiger partial charge is 0.307 e. The first-order valence-electron chi connectivity index (χ1n) is 13.5. The van der Waals surface area contributed by atoms with Gasteiger partial charge in [-0.3, -0.25) is 14.1 Å². The molecule has 0 saturated carbocycles. The summed E-state index contributed by atoms with van der Waals surface area (Å²) in [7, 11) is 17.5. The molecule has 1 aromatic carbocycles. The van der Waals surface area contributed by atoms with Gasteiger partial charge in [-0.1, -0.05) is 30.4 Å². The number of hydrogen-bond donors (Lipinski definition) is 2. The van der Waals surface area contributed by atoms with Crippen molar-refractivity contribution in [1.29, 1.82) is 0 Å². The van der Waals surface area contributed by atoms with Crippen LogP contribution in [0, 0.1) is 18.7 Å². The van der Waals surface area contributed by atoms with E-state index in [2.05, 4.69) is 9.97 Å². The van der Waals surface area contributed by atoms with Gasteiger partial charge in [-0.15, -0.1) is 0 Å². The number of para-hydroxylation sites is 1. The molecule has 2 N–H and O–H groups in total. The topological polar surface area (TPSA) is 81.7 Å². The van der Waals surface area contributed by atoms with Crippen molar-refractivity contribution >= 4 is 40.4 Å². The fraction of sp³-hybridized carbons (Fsp3) is 0.500. The van der Waals surface area contributed by atoms with Crippen LogP contribution in [-0.2, 0) is 11.2 Å². The van der Waals surface area contributed by atoms with E-state index in [-0.39, 0.29) is 44.6 Å². The third-order valence-electron chi connectivity index (χ3n) is 7.68. The molecule has 6 radical (unpaired) electrons. The highest BCUT2D eigenvalue weighted by Gasteiger charge is 2.39. The molecule has 40 heavy (non-hydrogen) atoms. The number of carboxylic acids is 1. The predicted octanol–water partition coefficient (Wildman–Crippen LogP) is 3.22. The first kappa shape index (κ1) is 30.1. The van der Waals surface area contributed by atoms with E-state index in [9.17, 15) is 14.3 Å².